The molecule has 112 valence electrons. The van der Waals surface area contributed by atoms with E-state index in [1.165, 1.54) is 18.2 Å². The van der Waals surface area contributed by atoms with E-state index in [4.69, 9.17) is 9.39 Å². The zero-order valence-corrected chi connectivity index (χ0v) is 11.9. The highest BCUT2D eigenvalue weighted by atomic mass is 32.2. The normalized spacial score (nSPS) is 10.7. The van der Waals surface area contributed by atoms with Crippen LogP contribution in [0, 0.1) is 4.91 Å². The second-order valence-electron chi connectivity index (χ2n) is 3.97. The molecule has 0 heterocycles. The van der Waals surface area contributed by atoms with Gasteiger partial charge < -0.3 is 6.15 Å². The van der Waals surface area contributed by atoms with Crippen molar-refractivity contribution in [2.75, 3.05) is 0 Å². The van der Waals surface area contributed by atoms with Gasteiger partial charge in [0.15, 0.2) is 0 Å². The molecule has 21 heavy (non-hydrogen) atoms. The Hall–Kier alpha value is -2.29. The van der Waals surface area contributed by atoms with Crippen LogP contribution in [0.5, 0.6) is 0 Å². The van der Waals surface area contributed by atoms with E-state index >= 15 is 0 Å². The molecule has 2 aromatic rings. The van der Waals surface area contributed by atoms with Crippen LogP contribution >= 0.6 is 0 Å². The minimum Gasteiger partial charge on any atom is -0.344 e. The van der Waals surface area contributed by atoms with Gasteiger partial charge in [0.1, 0.15) is 4.90 Å². The quantitative estimate of drug-likeness (QED) is 0.647. The molecule has 0 aliphatic rings. The van der Waals surface area contributed by atoms with Gasteiger partial charge in [0.25, 0.3) is 15.0 Å². The number of benzene rings is 2. The van der Waals surface area contributed by atoms with Crippen molar-refractivity contribution in [2.45, 2.75) is 11.5 Å². The van der Waals surface area contributed by atoms with E-state index in [1.54, 1.807) is 24.3 Å². The Morgan fingerprint density at radius 3 is 2.33 bits per heavy atom. The van der Waals surface area contributed by atoms with Crippen molar-refractivity contribution in [2.24, 2.45) is 0 Å². The highest BCUT2D eigenvalue weighted by molar-refractivity contribution is 7.86. The lowest BCUT2D eigenvalue weighted by Gasteiger charge is -2.05. The van der Waals surface area contributed by atoms with Crippen LogP contribution in [0.4, 0.5) is 5.69 Å². The highest BCUT2D eigenvalue weighted by Gasteiger charge is 2.20. The van der Waals surface area contributed by atoms with Gasteiger partial charge in [-0.3, -0.25) is 4.18 Å². The average molecular weight is 311 g/mol. The number of hydrogen-bond donors (Lipinski definition) is 2. The molecule has 4 N–H and O–H groups in total. The van der Waals surface area contributed by atoms with Gasteiger partial charge in [-0.2, -0.15) is 8.42 Å². The number of hydrogen-bond acceptors (Lipinski definition) is 5. The Morgan fingerprint density at radius 2 is 1.71 bits per heavy atom. The van der Waals surface area contributed by atoms with E-state index in [0.29, 0.717) is 5.56 Å². The molecule has 0 spiro atoms. The molecular formula is C13H15N2O5S+. The fraction of sp³-hybridized carbons (Fsp3) is 0.0769. The van der Waals surface area contributed by atoms with Crippen molar-refractivity contribution in [3.63, 3.8) is 0 Å². The first-order chi connectivity index (χ1) is 9.49. The molecule has 0 aliphatic heterocycles. The van der Waals surface area contributed by atoms with Gasteiger partial charge in [-0.25, -0.2) is 5.21 Å². The summed E-state index contributed by atoms with van der Waals surface area (Å²) in [5.41, 5.74) is 0.522. The Balaban J connectivity index is 0.00000220. The first-order valence-electron chi connectivity index (χ1n) is 5.68. The lowest BCUT2D eigenvalue weighted by Crippen LogP contribution is -2.07. The third kappa shape index (κ3) is 4.35. The molecule has 2 aromatic carbocycles. The van der Waals surface area contributed by atoms with Crippen molar-refractivity contribution < 1.29 is 22.7 Å². The van der Waals surface area contributed by atoms with E-state index in [1.807, 2.05) is 6.07 Å². The number of rotatable bonds is 5. The van der Waals surface area contributed by atoms with E-state index in [9.17, 15) is 13.3 Å². The first-order valence-corrected chi connectivity index (χ1v) is 7.09. The fourth-order valence-corrected chi connectivity index (χ4v) is 2.48. The second kappa shape index (κ2) is 6.93. The zero-order valence-electron chi connectivity index (χ0n) is 11.0. The predicted octanol–water partition coefficient (Wildman–Crippen LogP) is 2.55. The minimum absolute atomic E-state index is 0. The second-order valence-corrected chi connectivity index (χ2v) is 5.59. The van der Waals surface area contributed by atoms with E-state index in [-0.39, 0.29) is 23.3 Å². The average Bonchev–Trinajstić information content (AvgIpc) is 2.46. The monoisotopic (exact) mass is 311 g/mol. The maximum atomic E-state index is 12.0. The summed E-state index contributed by atoms with van der Waals surface area (Å²) in [6, 6.07) is 13.8. The van der Waals surface area contributed by atoms with Crippen LogP contribution in [0.15, 0.2) is 59.5 Å². The van der Waals surface area contributed by atoms with Gasteiger partial charge in [-0.05, 0) is 11.6 Å². The number of nitrogens with zero attached hydrogens (tertiary/aromatic N) is 1. The van der Waals surface area contributed by atoms with Gasteiger partial charge >= 0.3 is 5.69 Å². The molecule has 0 unspecified atom stereocenters. The lowest BCUT2D eigenvalue weighted by molar-refractivity contribution is -0.729. The zero-order chi connectivity index (χ0) is 14.6. The predicted molar refractivity (Wildman–Crippen MR) is 75.0 cm³/mol. The summed E-state index contributed by atoms with van der Waals surface area (Å²) in [7, 11) is -3.99. The van der Waals surface area contributed by atoms with Gasteiger partial charge in [0, 0.05) is 12.1 Å². The summed E-state index contributed by atoms with van der Waals surface area (Å²) < 4.78 is 28.8. The van der Waals surface area contributed by atoms with Crippen LogP contribution in [0.2, 0.25) is 0 Å². The van der Waals surface area contributed by atoms with E-state index in [0.717, 1.165) is 6.07 Å². The Kier molecular flexibility index (Phi) is 5.53. The molecule has 2 rings (SSSR count). The Labute approximate surface area is 122 Å². The summed E-state index contributed by atoms with van der Waals surface area (Å²) in [4.78, 5) is 10.1. The SMILES string of the molecule is N.O=[N+](O)c1cccc(S(=O)(=O)OCc2ccccc2)c1. The first kappa shape index (κ1) is 16.8. The maximum Gasteiger partial charge on any atom is 0.317 e. The summed E-state index contributed by atoms with van der Waals surface area (Å²) in [6.45, 7) is -0.104. The van der Waals surface area contributed by atoms with Gasteiger partial charge in [0.2, 0.25) is 0 Å². The van der Waals surface area contributed by atoms with Gasteiger partial charge in [-0.1, -0.05) is 36.4 Å². The molecule has 0 fully saturated rings. The molecule has 0 saturated carbocycles. The summed E-state index contributed by atoms with van der Waals surface area (Å²) in [6.07, 6.45) is 0. The van der Waals surface area contributed by atoms with Gasteiger partial charge in [0.05, 0.1) is 11.5 Å². The Morgan fingerprint density at radius 1 is 1.05 bits per heavy atom. The third-order valence-corrected chi connectivity index (χ3v) is 3.81. The molecular weight excluding hydrogens is 296 g/mol. The third-order valence-electron chi connectivity index (χ3n) is 2.55. The van der Waals surface area contributed by atoms with Crippen molar-refractivity contribution in [1.29, 1.82) is 0 Å². The van der Waals surface area contributed by atoms with Crippen LogP contribution in [0.25, 0.3) is 0 Å². The molecule has 0 saturated heterocycles. The summed E-state index contributed by atoms with van der Waals surface area (Å²) in [5.74, 6) is 0. The molecule has 0 atom stereocenters. The molecule has 0 aromatic heterocycles. The smallest absolute Gasteiger partial charge is 0.317 e. The molecule has 7 nitrogen and oxygen atoms in total. The Bertz CT molecular complexity index is 716. The molecule has 0 amide bonds. The van der Waals surface area contributed by atoms with Crippen LogP contribution in [0.1, 0.15) is 5.56 Å². The fourth-order valence-electron chi connectivity index (χ4n) is 1.55. The molecule has 0 radical (unpaired) electrons. The topological polar surface area (TPSA) is 119 Å². The van der Waals surface area contributed by atoms with Crippen molar-refractivity contribution in [1.82, 2.24) is 6.15 Å². The maximum absolute atomic E-state index is 12.0. The van der Waals surface area contributed by atoms with E-state index in [2.05, 4.69) is 0 Å². The van der Waals surface area contributed by atoms with Crippen molar-refractivity contribution in [3.05, 3.63) is 65.1 Å². The van der Waals surface area contributed by atoms with Crippen LogP contribution in [0.3, 0.4) is 0 Å². The van der Waals surface area contributed by atoms with Crippen molar-refractivity contribution in [3.8, 4) is 0 Å². The molecule has 0 bridgehead atoms. The van der Waals surface area contributed by atoms with Crippen LogP contribution in [-0.4, -0.2) is 18.5 Å². The summed E-state index contributed by atoms with van der Waals surface area (Å²) >= 11 is 0. The minimum atomic E-state index is -3.99. The van der Waals surface area contributed by atoms with Crippen LogP contribution < -0.4 is 6.15 Å². The largest absolute Gasteiger partial charge is 0.344 e. The lowest BCUT2D eigenvalue weighted by atomic mass is 10.2. The standard InChI is InChI=1S/C13H12NO5S.H3N/c15-14(16)12-7-4-8-13(9-12)20(17,18)19-10-11-5-2-1-3-6-11;/h1-9H,10H2,(H,15,16);1H3/q+1;. The highest BCUT2D eigenvalue weighted by Crippen LogP contribution is 2.19. The molecule has 0 aliphatic carbocycles. The van der Waals surface area contributed by atoms with Gasteiger partial charge in [-0.15, -0.1) is 0 Å². The van der Waals surface area contributed by atoms with E-state index < -0.39 is 15.0 Å². The van der Waals surface area contributed by atoms with Crippen molar-refractivity contribution >= 4 is 15.8 Å². The van der Waals surface area contributed by atoms with Crippen LogP contribution in [-0.2, 0) is 20.9 Å². The molecule has 8 heteroatoms. The summed E-state index contributed by atoms with van der Waals surface area (Å²) in [5, 5.41) is 8.76.